The molecule has 1 N–H and O–H groups in total. The number of hydrogen-bond donors (Lipinski definition) is 1. The number of amides is 1. The molecule has 42 heavy (non-hydrogen) atoms. The molecular weight excluding hydrogens is 570 g/mol. The molecule has 0 bridgehead atoms. The highest BCUT2D eigenvalue weighted by Gasteiger charge is 2.29. The van der Waals surface area contributed by atoms with Gasteiger partial charge in [-0.2, -0.15) is 0 Å². The molecule has 2 heterocycles. The van der Waals surface area contributed by atoms with Crippen LogP contribution in [0.3, 0.4) is 0 Å². The summed E-state index contributed by atoms with van der Waals surface area (Å²) in [7, 11) is 0. The lowest BCUT2D eigenvalue weighted by Crippen LogP contribution is -2.43. The maximum Gasteiger partial charge on any atom is 0.407 e. The van der Waals surface area contributed by atoms with Crippen LogP contribution < -0.4 is 26.3 Å². The van der Waals surface area contributed by atoms with Crippen LogP contribution >= 0.6 is 11.6 Å². The van der Waals surface area contributed by atoms with Gasteiger partial charge < -0.3 is 19.8 Å². The van der Waals surface area contributed by atoms with Crippen molar-refractivity contribution in [3.05, 3.63) is 104 Å². The minimum atomic E-state index is -0.880. The quantitative estimate of drug-likeness (QED) is 0.342. The summed E-state index contributed by atoms with van der Waals surface area (Å²) in [6.45, 7) is 5.83. The number of rotatable bonds is 6. The molecule has 220 valence electrons. The van der Waals surface area contributed by atoms with Crippen LogP contribution in [0.15, 0.2) is 70.3 Å². The molecule has 5 rings (SSSR count). The van der Waals surface area contributed by atoms with E-state index in [2.05, 4.69) is 5.32 Å². The van der Waals surface area contributed by atoms with E-state index in [4.69, 9.17) is 21.2 Å². The summed E-state index contributed by atoms with van der Waals surface area (Å²) in [5, 5.41) is 2.42. The number of nitrogens with zero attached hydrogens (tertiary/aromatic N) is 3. The smallest absolute Gasteiger partial charge is 0.407 e. The van der Waals surface area contributed by atoms with Crippen LogP contribution in [0.25, 0.3) is 16.6 Å². The number of carbonyl (C=O) groups is 1. The Kier molecular flexibility index (Phi) is 7.96. The van der Waals surface area contributed by atoms with Crippen LogP contribution in [0, 0.1) is 11.6 Å². The highest BCUT2D eigenvalue weighted by atomic mass is 35.5. The minimum absolute atomic E-state index is 0.0761. The highest BCUT2D eigenvalue weighted by Crippen LogP contribution is 2.29. The van der Waals surface area contributed by atoms with Crippen LogP contribution in [0.1, 0.15) is 32.8 Å². The number of carbonyl (C=O) groups excluding carboxylic acids is 1. The van der Waals surface area contributed by atoms with Crippen molar-refractivity contribution in [3.63, 3.8) is 0 Å². The summed E-state index contributed by atoms with van der Waals surface area (Å²) in [6.07, 6.45) is -0.0575. The van der Waals surface area contributed by atoms with Crippen LogP contribution in [0.5, 0.6) is 0 Å². The normalized spacial score (nSPS) is 15.2. The fourth-order valence-corrected chi connectivity index (χ4v) is 4.99. The molecule has 0 aliphatic carbocycles. The topological polar surface area (TPSA) is 94.8 Å². The zero-order chi connectivity index (χ0) is 30.2. The van der Waals surface area contributed by atoms with E-state index in [0.717, 1.165) is 16.7 Å². The van der Waals surface area contributed by atoms with E-state index in [1.54, 1.807) is 49.9 Å². The molecular formula is C30H29ClF2N4O5. The molecule has 1 atom stereocenters. The Hall–Kier alpha value is -4.38. The lowest BCUT2D eigenvalue weighted by atomic mass is 10.1. The Morgan fingerprint density at radius 3 is 2.48 bits per heavy atom. The van der Waals surface area contributed by atoms with Crippen molar-refractivity contribution in [2.75, 3.05) is 18.0 Å². The molecule has 4 aromatic rings. The van der Waals surface area contributed by atoms with E-state index < -0.39 is 34.6 Å². The monoisotopic (exact) mass is 598 g/mol. The molecule has 1 fully saturated rings. The fraction of sp³-hybridized carbons (Fsp3) is 0.300. The lowest BCUT2D eigenvalue weighted by Gasteiger charge is -2.23. The van der Waals surface area contributed by atoms with E-state index >= 15 is 4.39 Å². The molecule has 3 aromatic carbocycles. The first-order valence-electron chi connectivity index (χ1n) is 13.3. The first-order chi connectivity index (χ1) is 19.9. The number of alkyl carbamates (subject to hydrolysis) is 1. The summed E-state index contributed by atoms with van der Waals surface area (Å²) in [5.41, 5.74) is -1.35. The summed E-state index contributed by atoms with van der Waals surface area (Å²) >= 11 is 6.03. The Balaban J connectivity index is 1.57. The van der Waals surface area contributed by atoms with Gasteiger partial charge in [-0.3, -0.25) is 9.36 Å². The number of anilines is 1. The number of benzene rings is 3. The van der Waals surface area contributed by atoms with E-state index in [1.807, 2.05) is 6.07 Å². The number of halogens is 3. The van der Waals surface area contributed by atoms with Gasteiger partial charge in [-0.05, 0) is 63.1 Å². The second kappa shape index (κ2) is 11.5. The van der Waals surface area contributed by atoms with Crippen LogP contribution in [0.4, 0.5) is 19.3 Å². The van der Waals surface area contributed by atoms with E-state index in [1.165, 1.54) is 18.2 Å². The average Bonchev–Trinajstić information content (AvgIpc) is 3.38. The number of ether oxygens (including phenoxy) is 1. The maximum absolute atomic E-state index is 15.6. The first-order valence-corrected chi connectivity index (χ1v) is 13.7. The molecule has 9 nitrogen and oxygen atoms in total. The highest BCUT2D eigenvalue weighted by molar-refractivity contribution is 6.30. The van der Waals surface area contributed by atoms with Gasteiger partial charge in [0.15, 0.2) is 0 Å². The van der Waals surface area contributed by atoms with Crippen LogP contribution in [0.2, 0.25) is 5.02 Å². The van der Waals surface area contributed by atoms with Gasteiger partial charge in [0.1, 0.15) is 23.8 Å². The van der Waals surface area contributed by atoms with Crippen molar-refractivity contribution >= 4 is 34.3 Å². The van der Waals surface area contributed by atoms with Crippen molar-refractivity contribution < 1.29 is 23.1 Å². The largest absolute Gasteiger partial charge is 0.444 e. The number of fused-ring (bicyclic) bond motifs is 1. The lowest BCUT2D eigenvalue weighted by molar-refractivity contribution is 0.0509. The van der Waals surface area contributed by atoms with Crippen molar-refractivity contribution in [3.8, 4) is 5.69 Å². The standard InChI is InChI=1S/C30H29ClF2N4O5/c1-30(2,3)42-28(39)34-19-11-12-35(16-19)26-15-25-21(14-24(26)33)27(38)37(41-17-18-7-5-4-6-8-18)29(40)36(25)20-9-10-23(32)22(31)13-20/h4-10,13-15,19H,11-12,16-17H2,1-3H3,(H,34,39). The summed E-state index contributed by atoms with van der Waals surface area (Å²) < 4.78 is 36.6. The van der Waals surface area contributed by atoms with Gasteiger partial charge in [-0.25, -0.2) is 18.4 Å². The van der Waals surface area contributed by atoms with Crippen molar-refractivity contribution in [1.82, 2.24) is 14.6 Å². The van der Waals surface area contributed by atoms with Gasteiger partial charge in [0.25, 0.3) is 5.56 Å². The minimum Gasteiger partial charge on any atom is -0.444 e. The molecule has 0 spiro atoms. The van der Waals surface area contributed by atoms with Gasteiger partial charge in [0.05, 0.1) is 33.3 Å². The van der Waals surface area contributed by atoms with Gasteiger partial charge >= 0.3 is 11.8 Å². The maximum atomic E-state index is 15.6. The van der Waals surface area contributed by atoms with Gasteiger partial charge in [0, 0.05) is 13.1 Å². The van der Waals surface area contributed by atoms with Gasteiger partial charge in [-0.1, -0.05) is 46.7 Å². The zero-order valence-corrected chi connectivity index (χ0v) is 24.0. The van der Waals surface area contributed by atoms with E-state index in [-0.39, 0.29) is 46.5 Å². The molecule has 1 unspecified atom stereocenters. The van der Waals surface area contributed by atoms with E-state index in [9.17, 15) is 18.8 Å². The van der Waals surface area contributed by atoms with Crippen molar-refractivity contribution in [1.29, 1.82) is 0 Å². The zero-order valence-electron chi connectivity index (χ0n) is 23.2. The third-order valence-electron chi connectivity index (χ3n) is 6.70. The first kappa shape index (κ1) is 29.1. The third-order valence-corrected chi connectivity index (χ3v) is 6.99. The molecule has 1 saturated heterocycles. The van der Waals surface area contributed by atoms with Crippen molar-refractivity contribution in [2.24, 2.45) is 0 Å². The molecule has 1 aliphatic heterocycles. The Labute approximate surface area is 244 Å². The average molecular weight is 599 g/mol. The van der Waals surface area contributed by atoms with Crippen molar-refractivity contribution in [2.45, 2.75) is 45.4 Å². The number of nitrogens with one attached hydrogen (secondary N) is 1. The number of hydrogen-bond acceptors (Lipinski definition) is 6. The molecule has 1 aromatic heterocycles. The SMILES string of the molecule is CC(C)(C)OC(=O)NC1CCN(c2cc3c(cc2F)c(=O)n(OCc2ccccc2)c(=O)n3-c2ccc(F)c(Cl)c2)C1. The van der Waals surface area contributed by atoms with E-state index in [0.29, 0.717) is 23.3 Å². The van der Waals surface area contributed by atoms with Crippen LogP contribution in [-0.2, 0) is 11.3 Å². The fourth-order valence-electron chi connectivity index (χ4n) is 4.81. The predicted octanol–water partition coefficient (Wildman–Crippen LogP) is 4.82. The summed E-state index contributed by atoms with van der Waals surface area (Å²) in [4.78, 5) is 46.7. The Bertz CT molecular complexity index is 1770. The number of aromatic nitrogens is 2. The predicted molar refractivity (Wildman–Crippen MR) is 155 cm³/mol. The second-order valence-corrected chi connectivity index (χ2v) is 11.4. The van der Waals surface area contributed by atoms with Crippen LogP contribution in [-0.4, -0.2) is 40.1 Å². The molecule has 1 aliphatic rings. The second-order valence-electron chi connectivity index (χ2n) is 11.0. The summed E-state index contributed by atoms with van der Waals surface area (Å²) in [5.74, 6) is -1.40. The molecule has 1 amide bonds. The third kappa shape index (κ3) is 6.11. The molecule has 0 radical (unpaired) electrons. The molecule has 0 saturated carbocycles. The van der Waals surface area contributed by atoms with Gasteiger partial charge in [-0.15, -0.1) is 0 Å². The van der Waals surface area contributed by atoms with Gasteiger partial charge in [0.2, 0.25) is 0 Å². The molecule has 12 heteroatoms. The summed E-state index contributed by atoms with van der Waals surface area (Å²) in [6, 6.07) is 14.7. The Morgan fingerprint density at radius 1 is 1.05 bits per heavy atom. The Morgan fingerprint density at radius 2 is 1.79 bits per heavy atom.